The van der Waals surface area contributed by atoms with Crippen LogP contribution in [0.15, 0.2) is 12.1 Å². The van der Waals surface area contributed by atoms with Gasteiger partial charge in [-0.1, -0.05) is 34.8 Å². The number of benzene rings is 1. The normalized spacial score (nSPS) is 14.5. The Morgan fingerprint density at radius 1 is 1.15 bits per heavy atom. The minimum atomic E-state index is 0.135. The minimum absolute atomic E-state index is 0.135. The zero-order valence-electron chi connectivity index (χ0n) is 10.7. The predicted octanol–water partition coefficient (Wildman–Crippen LogP) is 4.66. The van der Waals surface area contributed by atoms with Gasteiger partial charge in [0.15, 0.2) is 5.78 Å². The van der Waals surface area contributed by atoms with Crippen LogP contribution in [0.5, 0.6) is 0 Å². The predicted molar refractivity (Wildman–Crippen MR) is 80.6 cm³/mol. The standard InChI is InChI=1S/C14H11Cl3N2O/c1-7-13-11(3-2-4-12(13)20)19(18-7)14-9(16)5-8(15)6-10(14)17/h5-6H,2-4H2,1H3. The van der Waals surface area contributed by atoms with Gasteiger partial charge in [0.25, 0.3) is 0 Å². The van der Waals surface area contributed by atoms with Crippen LogP contribution in [0.25, 0.3) is 5.69 Å². The number of carbonyl (C=O) groups excluding carboxylic acids is 1. The van der Waals surface area contributed by atoms with Crippen LogP contribution in [0.1, 0.15) is 34.6 Å². The molecule has 1 heterocycles. The van der Waals surface area contributed by atoms with Gasteiger partial charge in [-0.05, 0) is 31.9 Å². The maximum Gasteiger partial charge on any atom is 0.166 e. The molecule has 6 heteroatoms. The molecule has 0 aliphatic heterocycles. The Morgan fingerprint density at radius 3 is 2.45 bits per heavy atom. The average molecular weight is 330 g/mol. The number of fused-ring (bicyclic) bond motifs is 1. The maximum atomic E-state index is 12.0. The van der Waals surface area contributed by atoms with Crippen molar-refractivity contribution in [1.82, 2.24) is 9.78 Å². The lowest BCUT2D eigenvalue weighted by Gasteiger charge is -2.15. The van der Waals surface area contributed by atoms with Gasteiger partial charge in [0, 0.05) is 11.4 Å². The molecule has 2 aromatic rings. The van der Waals surface area contributed by atoms with Crippen molar-refractivity contribution in [2.24, 2.45) is 0 Å². The van der Waals surface area contributed by atoms with Crippen molar-refractivity contribution >= 4 is 40.6 Å². The van der Waals surface area contributed by atoms with Gasteiger partial charge in [0.2, 0.25) is 0 Å². The molecule has 0 fully saturated rings. The molecule has 1 aliphatic rings. The monoisotopic (exact) mass is 328 g/mol. The Kier molecular flexibility index (Phi) is 3.53. The third kappa shape index (κ3) is 2.14. The van der Waals surface area contributed by atoms with E-state index < -0.39 is 0 Å². The van der Waals surface area contributed by atoms with Gasteiger partial charge in [-0.3, -0.25) is 4.79 Å². The molecule has 3 nitrogen and oxygen atoms in total. The third-order valence-electron chi connectivity index (χ3n) is 3.45. The highest BCUT2D eigenvalue weighted by Crippen LogP contribution is 2.35. The van der Waals surface area contributed by atoms with Crippen LogP contribution in [0, 0.1) is 6.92 Å². The van der Waals surface area contributed by atoms with Gasteiger partial charge in [-0.15, -0.1) is 0 Å². The second-order valence-corrected chi connectivity index (χ2v) is 6.06. The zero-order chi connectivity index (χ0) is 14.4. The van der Waals surface area contributed by atoms with Crippen molar-refractivity contribution in [3.8, 4) is 5.69 Å². The van der Waals surface area contributed by atoms with E-state index in [1.165, 1.54) is 0 Å². The lowest BCUT2D eigenvalue weighted by atomic mass is 9.94. The molecule has 0 bridgehead atoms. The first-order valence-corrected chi connectivity index (χ1v) is 7.39. The van der Waals surface area contributed by atoms with E-state index in [4.69, 9.17) is 34.8 Å². The number of aromatic nitrogens is 2. The number of aryl methyl sites for hydroxylation is 1. The Bertz CT molecular complexity index is 698. The lowest BCUT2D eigenvalue weighted by molar-refractivity contribution is 0.0971. The first-order valence-electron chi connectivity index (χ1n) is 6.25. The zero-order valence-corrected chi connectivity index (χ0v) is 13.0. The van der Waals surface area contributed by atoms with Gasteiger partial charge < -0.3 is 0 Å². The smallest absolute Gasteiger partial charge is 0.166 e. The number of hydrogen-bond acceptors (Lipinski definition) is 2. The molecule has 104 valence electrons. The summed E-state index contributed by atoms with van der Waals surface area (Å²) in [6.45, 7) is 1.83. The molecule has 0 saturated heterocycles. The van der Waals surface area contributed by atoms with E-state index in [1.54, 1.807) is 16.8 Å². The van der Waals surface area contributed by atoms with Gasteiger partial charge in [-0.25, -0.2) is 4.68 Å². The van der Waals surface area contributed by atoms with Crippen molar-refractivity contribution < 1.29 is 4.79 Å². The first-order chi connectivity index (χ1) is 9.49. The molecule has 1 aliphatic carbocycles. The van der Waals surface area contributed by atoms with Crippen LogP contribution in [-0.2, 0) is 6.42 Å². The summed E-state index contributed by atoms with van der Waals surface area (Å²) in [5.41, 5.74) is 2.88. The summed E-state index contributed by atoms with van der Waals surface area (Å²) in [4.78, 5) is 12.0. The fourth-order valence-corrected chi connectivity index (χ4v) is 3.61. The van der Waals surface area contributed by atoms with E-state index >= 15 is 0 Å². The number of ketones is 1. The van der Waals surface area contributed by atoms with Crippen LogP contribution in [0.3, 0.4) is 0 Å². The molecule has 0 spiro atoms. The average Bonchev–Trinajstić information content (AvgIpc) is 2.67. The number of rotatable bonds is 1. The fraction of sp³-hybridized carbons (Fsp3) is 0.286. The van der Waals surface area contributed by atoms with Crippen LogP contribution in [0.2, 0.25) is 15.1 Å². The van der Waals surface area contributed by atoms with Crippen molar-refractivity contribution in [3.05, 3.63) is 44.2 Å². The SMILES string of the molecule is Cc1nn(-c2c(Cl)cc(Cl)cc2Cl)c2c1C(=O)CCC2. The topological polar surface area (TPSA) is 34.9 Å². The number of nitrogens with zero attached hydrogens (tertiary/aromatic N) is 2. The van der Waals surface area contributed by atoms with Gasteiger partial charge in [-0.2, -0.15) is 5.10 Å². The van der Waals surface area contributed by atoms with E-state index in [0.717, 1.165) is 18.5 Å². The summed E-state index contributed by atoms with van der Waals surface area (Å²) in [7, 11) is 0. The largest absolute Gasteiger partial charge is 0.294 e. The van der Waals surface area contributed by atoms with Crippen molar-refractivity contribution in [2.75, 3.05) is 0 Å². The maximum absolute atomic E-state index is 12.0. The molecule has 3 rings (SSSR count). The van der Waals surface area contributed by atoms with Crippen molar-refractivity contribution in [1.29, 1.82) is 0 Å². The van der Waals surface area contributed by atoms with Crippen LogP contribution >= 0.6 is 34.8 Å². The Labute approximate surface area is 131 Å². The number of hydrogen-bond donors (Lipinski definition) is 0. The highest BCUT2D eigenvalue weighted by Gasteiger charge is 2.27. The Hall–Kier alpha value is -1.03. The number of carbonyl (C=O) groups is 1. The summed E-state index contributed by atoms with van der Waals surface area (Å²) < 4.78 is 1.68. The van der Waals surface area contributed by atoms with Gasteiger partial charge in [0.05, 0.1) is 27.0 Å². The van der Waals surface area contributed by atoms with Crippen molar-refractivity contribution in [2.45, 2.75) is 26.2 Å². The van der Waals surface area contributed by atoms with E-state index in [9.17, 15) is 4.79 Å². The highest BCUT2D eigenvalue weighted by atomic mass is 35.5. The molecular formula is C14H11Cl3N2O. The number of Topliss-reactive ketones (excluding diaryl/α,β-unsaturated/α-hetero) is 1. The Balaban J connectivity index is 2.27. The first kappa shape index (κ1) is 13.9. The van der Waals surface area contributed by atoms with Crippen LogP contribution in [0.4, 0.5) is 0 Å². The molecule has 0 unspecified atom stereocenters. The van der Waals surface area contributed by atoms with E-state index in [-0.39, 0.29) is 5.78 Å². The lowest BCUT2D eigenvalue weighted by Crippen LogP contribution is -2.13. The van der Waals surface area contributed by atoms with E-state index in [2.05, 4.69) is 5.10 Å². The fourth-order valence-electron chi connectivity index (χ4n) is 2.63. The second kappa shape index (κ2) is 5.06. The second-order valence-electron chi connectivity index (χ2n) is 4.81. The van der Waals surface area contributed by atoms with Crippen molar-refractivity contribution in [3.63, 3.8) is 0 Å². The van der Waals surface area contributed by atoms with Gasteiger partial charge >= 0.3 is 0 Å². The molecule has 0 radical (unpaired) electrons. The van der Waals surface area contributed by atoms with Crippen LogP contribution in [-0.4, -0.2) is 15.6 Å². The summed E-state index contributed by atoms with van der Waals surface area (Å²) in [6.07, 6.45) is 2.18. The minimum Gasteiger partial charge on any atom is -0.294 e. The Morgan fingerprint density at radius 2 is 1.80 bits per heavy atom. The summed E-state index contributed by atoms with van der Waals surface area (Å²) in [5.74, 6) is 0.135. The molecule has 0 amide bonds. The molecule has 0 saturated carbocycles. The molecule has 1 aromatic carbocycles. The van der Waals surface area contributed by atoms with Crippen LogP contribution < -0.4 is 0 Å². The quantitative estimate of drug-likeness (QED) is 0.762. The molecular weight excluding hydrogens is 319 g/mol. The molecule has 20 heavy (non-hydrogen) atoms. The molecule has 0 atom stereocenters. The summed E-state index contributed by atoms with van der Waals surface area (Å²) >= 11 is 18.4. The van der Waals surface area contributed by atoms with E-state index in [0.29, 0.717) is 38.4 Å². The third-order valence-corrected chi connectivity index (χ3v) is 4.24. The highest BCUT2D eigenvalue weighted by molar-refractivity contribution is 6.40. The molecule has 0 N–H and O–H groups in total. The molecule has 1 aromatic heterocycles. The summed E-state index contributed by atoms with van der Waals surface area (Å²) in [6, 6.07) is 3.25. The summed E-state index contributed by atoms with van der Waals surface area (Å²) in [5, 5.41) is 5.76. The number of halogens is 3. The van der Waals surface area contributed by atoms with Gasteiger partial charge in [0.1, 0.15) is 5.69 Å². The van der Waals surface area contributed by atoms with E-state index in [1.807, 2.05) is 6.92 Å².